The Labute approximate surface area is 97.0 Å². The molecule has 0 aromatic carbocycles. The minimum absolute atomic E-state index is 0.108. The second kappa shape index (κ2) is 5.64. The van der Waals surface area contributed by atoms with Crippen molar-refractivity contribution in [3.63, 3.8) is 0 Å². The fraction of sp³-hybridized carbons (Fsp3) is 0.917. The third-order valence-electron chi connectivity index (χ3n) is 3.68. The lowest BCUT2D eigenvalue weighted by atomic mass is 9.84. The zero-order valence-electron chi connectivity index (χ0n) is 10.2. The average molecular weight is 229 g/mol. The minimum Gasteiger partial charge on any atom is -0.481 e. The van der Waals surface area contributed by atoms with Gasteiger partial charge in [0.05, 0.1) is 11.5 Å². The first kappa shape index (κ1) is 13.5. The summed E-state index contributed by atoms with van der Waals surface area (Å²) in [5.41, 5.74) is -0.620. The normalized spacial score (nSPS) is 23.7. The molecule has 1 saturated carbocycles. The lowest BCUT2D eigenvalue weighted by Gasteiger charge is -2.34. The van der Waals surface area contributed by atoms with Crippen molar-refractivity contribution in [2.75, 3.05) is 6.54 Å². The molecular weight excluding hydrogens is 206 g/mol. The van der Waals surface area contributed by atoms with Crippen LogP contribution in [0.15, 0.2) is 0 Å². The highest BCUT2D eigenvalue weighted by Crippen LogP contribution is 2.27. The van der Waals surface area contributed by atoms with E-state index in [2.05, 4.69) is 5.32 Å². The first-order valence-corrected chi connectivity index (χ1v) is 6.13. The van der Waals surface area contributed by atoms with Crippen LogP contribution < -0.4 is 5.32 Å². The Morgan fingerprint density at radius 2 is 1.88 bits per heavy atom. The van der Waals surface area contributed by atoms with Crippen molar-refractivity contribution < 1.29 is 15.0 Å². The minimum atomic E-state index is -0.796. The summed E-state index contributed by atoms with van der Waals surface area (Å²) in [6.45, 7) is 4.04. The van der Waals surface area contributed by atoms with Crippen molar-refractivity contribution in [1.29, 1.82) is 0 Å². The third-order valence-corrected chi connectivity index (χ3v) is 3.68. The van der Waals surface area contributed by atoms with Gasteiger partial charge in [-0.05, 0) is 19.8 Å². The Hall–Kier alpha value is -0.610. The number of hydrogen-bond acceptors (Lipinski definition) is 3. The van der Waals surface area contributed by atoms with Gasteiger partial charge >= 0.3 is 5.97 Å². The van der Waals surface area contributed by atoms with Crippen molar-refractivity contribution in [3.05, 3.63) is 0 Å². The Morgan fingerprint density at radius 1 is 1.31 bits per heavy atom. The molecule has 0 aromatic heterocycles. The van der Waals surface area contributed by atoms with Gasteiger partial charge < -0.3 is 15.5 Å². The van der Waals surface area contributed by atoms with Crippen LogP contribution in [0.2, 0.25) is 0 Å². The Morgan fingerprint density at radius 3 is 2.38 bits per heavy atom. The second-order valence-electron chi connectivity index (χ2n) is 5.08. The van der Waals surface area contributed by atoms with Gasteiger partial charge in [-0.1, -0.05) is 26.2 Å². The number of carboxylic acid groups (broad SMARTS) is 1. The fourth-order valence-corrected chi connectivity index (χ4v) is 2.13. The molecule has 0 bridgehead atoms. The van der Waals surface area contributed by atoms with Crippen LogP contribution in [0.3, 0.4) is 0 Å². The molecule has 1 fully saturated rings. The van der Waals surface area contributed by atoms with Gasteiger partial charge in [-0.3, -0.25) is 4.79 Å². The molecular formula is C12H23NO3. The number of carbonyl (C=O) groups is 1. The molecule has 0 saturated heterocycles. The number of carboxylic acids is 1. The Bertz CT molecular complexity index is 236. The second-order valence-corrected chi connectivity index (χ2v) is 5.08. The van der Waals surface area contributed by atoms with E-state index in [4.69, 9.17) is 5.11 Å². The predicted molar refractivity (Wildman–Crippen MR) is 62.3 cm³/mol. The highest BCUT2D eigenvalue weighted by atomic mass is 16.4. The van der Waals surface area contributed by atoms with Crippen molar-refractivity contribution in [3.8, 4) is 0 Å². The molecule has 2 atom stereocenters. The van der Waals surface area contributed by atoms with E-state index in [0.717, 1.165) is 25.7 Å². The summed E-state index contributed by atoms with van der Waals surface area (Å²) in [6, 6.07) is -0.108. The summed E-state index contributed by atoms with van der Waals surface area (Å²) in [5, 5.41) is 22.2. The lowest BCUT2D eigenvalue weighted by Crippen LogP contribution is -2.47. The van der Waals surface area contributed by atoms with Crippen LogP contribution in [0.4, 0.5) is 0 Å². The zero-order valence-corrected chi connectivity index (χ0v) is 10.2. The van der Waals surface area contributed by atoms with Gasteiger partial charge in [0, 0.05) is 12.6 Å². The van der Waals surface area contributed by atoms with Gasteiger partial charge in [-0.2, -0.15) is 0 Å². The van der Waals surface area contributed by atoms with Gasteiger partial charge in [0.25, 0.3) is 0 Å². The van der Waals surface area contributed by atoms with Gasteiger partial charge in [0.15, 0.2) is 0 Å². The maximum absolute atomic E-state index is 10.8. The maximum atomic E-state index is 10.8. The summed E-state index contributed by atoms with van der Waals surface area (Å²) < 4.78 is 0. The molecule has 1 aliphatic rings. The topological polar surface area (TPSA) is 69.6 Å². The van der Waals surface area contributed by atoms with E-state index in [1.807, 2.05) is 6.92 Å². The molecule has 4 nitrogen and oxygen atoms in total. The van der Waals surface area contributed by atoms with Crippen LogP contribution in [0.25, 0.3) is 0 Å². The van der Waals surface area contributed by atoms with Gasteiger partial charge in [-0.15, -0.1) is 0 Å². The number of hydrogen-bond donors (Lipinski definition) is 3. The Balaban J connectivity index is 2.35. The van der Waals surface area contributed by atoms with E-state index >= 15 is 0 Å². The summed E-state index contributed by atoms with van der Waals surface area (Å²) >= 11 is 0. The monoisotopic (exact) mass is 229 g/mol. The molecule has 0 spiro atoms. The molecule has 0 amide bonds. The molecule has 0 aromatic rings. The third kappa shape index (κ3) is 3.76. The molecule has 4 heteroatoms. The molecule has 2 unspecified atom stereocenters. The lowest BCUT2D eigenvalue weighted by molar-refractivity contribution is -0.142. The van der Waals surface area contributed by atoms with Crippen LogP contribution in [-0.4, -0.2) is 34.4 Å². The van der Waals surface area contributed by atoms with Gasteiger partial charge in [0.2, 0.25) is 0 Å². The molecule has 0 heterocycles. The van der Waals surface area contributed by atoms with E-state index in [0.29, 0.717) is 6.54 Å². The molecule has 1 aliphatic carbocycles. The van der Waals surface area contributed by atoms with E-state index in [-0.39, 0.29) is 6.04 Å². The fourth-order valence-electron chi connectivity index (χ4n) is 2.13. The van der Waals surface area contributed by atoms with Crippen LogP contribution >= 0.6 is 0 Å². The summed E-state index contributed by atoms with van der Waals surface area (Å²) in [7, 11) is 0. The van der Waals surface area contributed by atoms with Crippen molar-refractivity contribution in [2.45, 2.75) is 57.6 Å². The van der Waals surface area contributed by atoms with E-state index in [1.165, 1.54) is 6.42 Å². The molecule has 94 valence electrons. The van der Waals surface area contributed by atoms with Crippen LogP contribution in [0.1, 0.15) is 46.0 Å². The van der Waals surface area contributed by atoms with E-state index < -0.39 is 17.5 Å². The quantitative estimate of drug-likeness (QED) is 0.666. The smallest absolute Gasteiger partial charge is 0.307 e. The number of aliphatic carboxylic acids is 1. The summed E-state index contributed by atoms with van der Waals surface area (Å²) in [4.78, 5) is 10.8. The molecule has 3 N–H and O–H groups in total. The number of aliphatic hydroxyl groups is 1. The maximum Gasteiger partial charge on any atom is 0.307 e. The molecule has 1 rings (SSSR count). The van der Waals surface area contributed by atoms with Crippen molar-refractivity contribution in [1.82, 2.24) is 5.32 Å². The van der Waals surface area contributed by atoms with Crippen molar-refractivity contribution >= 4 is 5.97 Å². The largest absolute Gasteiger partial charge is 0.481 e. The highest BCUT2D eigenvalue weighted by Gasteiger charge is 2.30. The summed E-state index contributed by atoms with van der Waals surface area (Å²) in [6.07, 6.45) is 4.99. The van der Waals surface area contributed by atoms with E-state index in [1.54, 1.807) is 6.92 Å². The molecule has 16 heavy (non-hydrogen) atoms. The average Bonchev–Trinajstić information content (AvgIpc) is 2.26. The molecule has 0 radical (unpaired) electrons. The van der Waals surface area contributed by atoms with Gasteiger partial charge in [-0.25, -0.2) is 0 Å². The Kier molecular flexibility index (Phi) is 4.74. The standard InChI is InChI=1S/C12H23NO3/c1-9(11(14)15)10(2)13-8-12(16)6-4-3-5-7-12/h9-10,13,16H,3-8H2,1-2H3,(H,14,15). The van der Waals surface area contributed by atoms with Gasteiger partial charge in [0.1, 0.15) is 0 Å². The van der Waals surface area contributed by atoms with Crippen LogP contribution in [0, 0.1) is 5.92 Å². The predicted octanol–water partition coefficient (Wildman–Crippen LogP) is 1.38. The van der Waals surface area contributed by atoms with Crippen molar-refractivity contribution in [2.24, 2.45) is 5.92 Å². The van der Waals surface area contributed by atoms with Crippen LogP contribution in [0.5, 0.6) is 0 Å². The zero-order chi connectivity index (χ0) is 12.2. The molecule has 0 aliphatic heterocycles. The number of rotatable bonds is 5. The number of nitrogens with one attached hydrogen (secondary N) is 1. The SMILES string of the molecule is CC(NCC1(O)CCCCC1)C(C)C(=O)O. The summed E-state index contributed by atoms with van der Waals surface area (Å²) in [5.74, 6) is -1.22. The first-order valence-electron chi connectivity index (χ1n) is 6.13. The van der Waals surface area contributed by atoms with E-state index in [9.17, 15) is 9.90 Å². The highest BCUT2D eigenvalue weighted by molar-refractivity contribution is 5.70. The first-order chi connectivity index (χ1) is 7.44. The van der Waals surface area contributed by atoms with Crippen LogP contribution in [-0.2, 0) is 4.79 Å².